The zero-order valence-electron chi connectivity index (χ0n) is 22.5. The van der Waals surface area contributed by atoms with Crippen molar-refractivity contribution in [1.82, 2.24) is 19.9 Å². The van der Waals surface area contributed by atoms with Crippen molar-refractivity contribution in [3.63, 3.8) is 0 Å². The Bertz CT molecular complexity index is 1680. The average molecular weight is 604 g/mol. The molecule has 1 N–H and O–H groups in total. The van der Waals surface area contributed by atoms with Gasteiger partial charge in [-0.2, -0.15) is 0 Å². The Kier molecular flexibility index (Phi) is 8.49. The first-order chi connectivity index (χ1) is 19.5. The van der Waals surface area contributed by atoms with E-state index in [2.05, 4.69) is 39.3 Å². The highest BCUT2D eigenvalue weighted by molar-refractivity contribution is 7.90. The Labute approximate surface area is 241 Å². The molecule has 1 aliphatic carbocycles. The molecule has 2 heterocycles. The van der Waals surface area contributed by atoms with E-state index in [0.717, 1.165) is 31.7 Å². The summed E-state index contributed by atoms with van der Waals surface area (Å²) in [5.74, 6) is -1.16. The van der Waals surface area contributed by atoms with Crippen LogP contribution in [-0.4, -0.2) is 54.4 Å². The van der Waals surface area contributed by atoms with Crippen molar-refractivity contribution in [2.75, 3.05) is 19.4 Å². The van der Waals surface area contributed by atoms with Crippen LogP contribution in [0.3, 0.4) is 0 Å². The summed E-state index contributed by atoms with van der Waals surface area (Å²) in [5, 5.41) is 3.32. The molecule has 0 saturated heterocycles. The van der Waals surface area contributed by atoms with Gasteiger partial charge in [-0.1, -0.05) is 35.9 Å². The molecular weight excluding hydrogens is 575 g/mol. The number of benzene rings is 2. The summed E-state index contributed by atoms with van der Waals surface area (Å²) >= 11 is 6.02. The lowest BCUT2D eigenvalue weighted by molar-refractivity contribution is 0.153. The van der Waals surface area contributed by atoms with Gasteiger partial charge in [0.25, 0.3) is 6.43 Å². The second-order valence-electron chi connectivity index (χ2n) is 10.4. The number of aromatic nitrogens is 3. The molecule has 1 saturated carbocycles. The zero-order valence-corrected chi connectivity index (χ0v) is 24.1. The van der Waals surface area contributed by atoms with E-state index in [0.29, 0.717) is 6.04 Å². The van der Waals surface area contributed by atoms with E-state index in [1.165, 1.54) is 42.6 Å². The maximum absolute atomic E-state index is 15.1. The summed E-state index contributed by atoms with van der Waals surface area (Å²) in [6.07, 6.45) is 2.41. The summed E-state index contributed by atoms with van der Waals surface area (Å²) in [7, 11) is 0.202. The summed E-state index contributed by atoms with van der Waals surface area (Å²) in [6, 6.07) is 11.6. The molecule has 0 amide bonds. The van der Waals surface area contributed by atoms with Crippen LogP contribution in [0.4, 0.5) is 19.1 Å². The number of halogens is 4. The van der Waals surface area contributed by atoms with Crippen molar-refractivity contribution >= 4 is 38.4 Å². The highest BCUT2D eigenvalue weighted by atomic mass is 35.5. The van der Waals surface area contributed by atoms with Crippen molar-refractivity contribution in [3.8, 4) is 11.3 Å². The quantitative estimate of drug-likeness (QED) is 0.240. The topological polar surface area (TPSA) is 88.1 Å². The van der Waals surface area contributed by atoms with Gasteiger partial charge >= 0.3 is 0 Å². The number of nitrogens with one attached hydrogen (secondary N) is 1. The van der Waals surface area contributed by atoms with E-state index in [-0.39, 0.29) is 55.3 Å². The number of pyridine rings is 1. The number of fused-ring (bicyclic) bond motifs is 1. The summed E-state index contributed by atoms with van der Waals surface area (Å²) in [5.41, 5.74) is 0.0416. The smallest absolute Gasteiger partial charge is 0.266 e. The predicted octanol–water partition coefficient (Wildman–Crippen LogP) is 6.68. The number of hydrogen-bond donors (Lipinski definition) is 1. The summed E-state index contributed by atoms with van der Waals surface area (Å²) in [6.45, 7) is 0. The third-order valence-electron chi connectivity index (χ3n) is 7.44. The predicted molar refractivity (Wildman–Crippen MR) is 153 cm³/mol. The molecule has 0 unspecified atom stereocenters. The fourth-order valence-corrected chi connectivity index (χ4v) is 7.09. The first-order valence-electron chi connectivity index (χ1n) is 13.2. The van der Waals surface area contributed by atoms with Crippen molar-refractivity contribution in [2.45, 2.75) is 54.8 Å². The van der Waals surface area contributed by atoms with Crippen LogP contribution < -0.4 is 5.32 Å². The molecule has 0 radical (unpaired) electrons. The standard InChI is InChI=1S/C29H29ClF3N5O2S/c1-38(2)20-11-9-19(10-12-20)35-29-34-15-25-27(37-29)21(28(32)33)14-24(36-25)17-7-8-18(23(31)13-17)16-41(39,40)26-6-4-3-5-22(26)30/h3-8,13-15,19-20,28H,9-12,16H2,1-2H3,(H,34,35,37). The SMILES string of the molecule is CN(C)C1CCC(Nc2ncc3nc(-c4ccc(CS(=O)(=O)c5ccccc5Cl)c(F)c4)cc(C(F)F)c3n2)CC1. The molecule has 7 nitrogen and oxygen atoms in total. The molecule has 4 aromatic rings. The fraction of sp³-hybridized carbons (Fsp3) is 0.345. The van der Waals surface area contributed by atoms with E-state index in [1.807, 2.05) is 0 Å². The minimum atomic E-state index is -3.92. The molecule has 0 bridgehead atoms. The maximum Gasteiger partial charge on any atom is 0.266 e. The van der Waals surface area contributed by atoms with Crippen LogP contribution in [0.1, 0.15) is 43.2 Å². The normalized spacial score (nSPS) is 17.9. The van der Waals surface area contributed by atoms with Crippen LogP contribution in [0.5, 0.6) is 0 Å². The first kappa shape index (κ1) is 29.2. The molecule has 216 valence electrons. The van der Waals surface area contributed by atoms with Gasteiger partial charge in [-0.15, -0.1) is 0 Å². The first-order valence-corrected chi connectivity index (χ1v) is 15.2. The average Bonchev–Trinajstić information content (AvgIpc) is 2.94. The van der Waals surface area contributed by atoms with Gasteiger partial charge in [0.2, 0.25) is 5.95 Å². The molecule has 0 spiro atoms. The van der Waals surface area contributed by atoms with Gasteiger partial charge in [-0.25, -0.2) is 36.5 Å². The molecular formula is C29H29ClF3N5O2S. The molecule has 12 heteroatoms. The maximum atomic E-state index is 15.1. The lowest BCUT2D eigenvalue weighted by Gasteiger charge is -2.32. The molecule has 0 aliphatic heterocycles. The Hall–Kier alpha value is -3.28. The number of hydrogen-bond acceptors (Lipinski definition) is 7. The van der Waals surface area contributed by atoms with Crippen LogP contribution >= 0.6 is 11.6 Å². The van der Waals surface area contributed by atoms with Gasteiger partial charge < -0.3 is 10.2 Å². The molecule has 41 heavy (non-hydrogen) atoms. The largest absolute Gasteiger partial charge is 0.351 e. The highest BCUT2D eigenvalue weighted by Crippen LogP contribution is 2.32. The highest BCUT2D eigenvalue weighted by Gasteiger charge is 2.24. The summed E-state index contributed by atoms with van der Waals surface area (Å²) in [4.78, 5) is 15.2. The van der Waals surface area contributed by atoms with Crippen LogP contribution in [0.25, 0.3) is 22.3 Å². The summed E-state index contributed by atoms with van der Waals surface area (Å²) < 4.78 is 69.1. The van der Waals surface area contributed by atoms with Crippen molar-refractivity contribution in [3.05, 3.63) is 76.7 Å². The second-order valence-corrected chi connectivity index (χ2v) is 12.8. The lowest BCUT2D eigenvalue weighted by Crippen LogP contribution is -2.36. The number of sulfone groups is 1. The molecule has 0 atom stereocenters. The third kappa shape index (κ3) is 6.47. The molecule has 2 aromatic heterocycles. The number of rotatable bonds is 8. The van der Waals surface area contributed by atoms with Gasteiger partial charge in [-0.05, 0) is 64.0 Å². The van der Waals surface area contributed by atoms with Gasteiger partial charge in [0.1, 0.15) is 16.9 Å². The molecule has 1 aliphatic rings. The van der Waals surface area contributed by atoms with E-state index in [9.17, 15) is 17.2 Å². The second kappa shape index (κ2) is 11.9. The zero-order chi connectivity index (χ0) is 29.3. The van der Waals surface area contributed by atoms with Crippen molar-refractivity contribution in [1.29, 1.82) is 0 Å². The number of alkyl halides is 2. The number of anilines is 1. The minimum absolute atomic E-state index is 0.0196. The minimum Gasteiger partial charge on any atom is -0.351 e. The molecule has 2 aromatic carbocycles. The Morgan fingerprint density at radius 3 is 2.44 bits per heavy atom. The Balaban J connectivity index is 1.40. The van der Waals surface area contributed by atoms with Crippen LogP contribution in [0, 0.1) is 5.82 Å². The third-order valence-corrected chi connectivity index (χ3v) is 9.60. The van der Waals surface area contributed by atoms with Crippen LogP contribution in [0.2, 0.25) is 5.02 Å². The van der Waals surface area contributed by atoms with E-state index < -0.39 is 27.8 Å². The van der Waals surface area contributed by atoms with Gasteiger partial charge in [0, 0.05) is 28.8 Å². The van der Waals surface area contributed by atoms with E-state index in [1.54, 1.807) is 6.07 Å². The monoisotopic (exact) mass is 603 g/mol. The van der Waals surface area contributed by atoms with Crippen molar-refractivity contribution < 1.29 is 21.6 Å². The van der Waals surface area contributed by atoms with E-state index in [4.69, 9.17) is 11.6 Å². The number of nitrogens with zero attached hydrogens (tertiary/aromatic N) is 4. The molecule has 1 fully saturated rings. The molecule has 5 rings (SSSR count). The van der Waals surface area contributed by atoms with Crippen molar-refractivity contribution in [2.24, 2.45) is 0 Å². The fourth-order valence-electron chi connectivity index (χ4n) is 5.15. The van der Waals surface area contributed by atoms with Gasteiger partial charge in [-0.3, -0.25) is 0 Å². The Morgan fingerprint density at radius 1 is 1.05 bits per heavy atom. The van der Waals surface area contributed by atoms with Gasteiger partial charge in [0.05, 0.1) is 27.6 Å². The van der Waals surface area contributed by atoms with Gasteiger partial charge in [0.15, 0.2) is 9.84 Å². The van der Waals surface area contributed by atoms with Crippen LogP contribution in [-0.2, 0) is 15.6 Å². The lowest BCUT2D eigenvalue weighted by atomic mass is 9.91. The van der Waals surface area contributed by atoms with E-state index >= 15 is 4.39 Å². The van der Waals surface area contributed by atoms with Crippen LogP contribution in [0.15, 0.2) is 59.6 Å². The Morgan fingerprint density at radius 2 is 1.78 bits per heavy atom.